The summed E-state index contributed by atoms with van der Waals surface area (Å²) in [6.07, 6.45) is 0. The highest BCUT2D eigenvalue weighted by Gasteiger charge is 2.26. The van der Waals surface area contributed by atoms with Gasteiger partial charge in [0.2, 0.25) is 0 Å². The maximum absolute atomic E-state index is 13.3. The van der Waals surface area contributed by atoms with Gasteiger partial charge in [-0.25, -0.2) is 15.3 Å². The normalized spacial score (nSPS) is 14.5. The van der Waals surface area contributed by atoms with Crippen LogP contribution in [0.2, 0.25) is 0 Å². The molecule has 0 radical (unpaired) electrons. The summed E-state index contributed by atoms with van der Waals surface area (Å²) in [5, 5.41) is 8.76. The fourth-order valence-corrected chi connectivity index (χ4v) is 3.36. The molecule has 8 nitrogen and oxygen atoms in total. The van der Waals surface area contributed by atoms with Crippen LogP contribution in [0.3, 0.4) is 0 Å². The molecule has 2 aromatic rings. The summed E-state index contributed by atoms with van der Waals surface area (Å²) in [7, 11) is 0. The summed E-state index contributed by atoms with van der Waals surface area (Å²) in [5.41, 5.74) is 3.67. The molecule has 1 aliphatic rings. The van der Waals surface area contributed by atoms with E-state index in [4.69, 9.17) is 5.21 Å². The molecule has 3 amide bonds. The van der Waals surface area contributed by atoms with Crippen molar-refractivity contribution >= 4 is 17.8 Å². The van der Waals surface area contributed by atoms with Gasteiger partial charge >= 0.3 is 6.03 Å². The van der Waals surface area contributed by atoms with Crippen molar-refractivity contribution in [2.24, 2.45) is 0 Å². The molecular formula is C21H27N5O3. The minimum Gasteiger partial charge on any atom is -0.322 e. The number of nitrogens with one attached hydrogen (secondary N) is 1. The smallest absolute Gasteiger partial charge is 0.322 e. The molecule has 1 aromatic carbocycles. The van der Waals surface area contributed by atoms with Crippen molar-refractivity contribution in [2.75, 3.05) is 37.6 Å². The Morgan fingerprint density at radius 3 is 2.38 bits per heavy atom. The Labute approximate surface area is 170 Å². The van der Waals surface area contributed by atoms with E-state index in [1.165, 1.54) is 0 Å². The lowest BCUT2D eigenvalue weighted by molar-refractivity contribution is 0.0706. The van der Waals surface area contributed by atoms with E-state index in [-0.39, 0.29) is 6.03 Å². The van der Waals surface area contributed by atoms with Crippen molar-refractivity contribution in [3.63, 3.8) is 0 Å². The molecule has 2 N–H and O–H groups in total. The SMILES string of the molecule is CCN1CCN(C(=O)N(Cc2ccc(C(=O)NO)cc2)c2cccc(C)n2)CC1. The first-order valence-corrected chi connectivity index (χ1v) is 9.77. The van der Waals surface area contributed by atoms with E-state index in [0.29, 0.717) is 31.0 Å². The third-order valence-corrected chi connectivity index (χ3v) is 5.13. The van der Waals surface area contributed by atoms with Crippen LogP contribution in [-0.2, 0) is 6.54 Å². The standard InChI is InChI=1S/C21H27N5O3/c1-3-24-11-13-25(14-12-24)21(28)26(19-6-4-5-16(2)22-19)15-17-7-9-18(10-8-17)20(27)23-29/h4-10,29H,3,11-15H2,1-2H3,(H,23,27). The first kappa shape index (κ1) is 20.8. The molecule has 1 aromatic heterocycles. The Morgan fingerprint density at radius 1 is 1.10 bits per heavy atom. The first-order valence-electron chi connectivity index (χ1n) is 9.77. The number of aromatic nitrogens is 1. The van der Waals surface area contributed by atoms with Crippen LogP contribution < -0.4 is 10.4 Å². The number of hydrogen-bond acceptors (Lipinski definition) is 5. The predicted molar refractivity (Wildman–Crippen MR) is 110 cm³/mol. The third-order valence-electron chi connectivity index (χ3n) is 5.13. The van der Waals surface area contributed by atoms with E-state index in [0.717, 1.165) is 30.9 Å². The van der Waals surface area contributed by atoms with Crippen molar-refractivity contribution in [3.05, 3.63) is 59.3 Å². The molecule has 0 unspecified atom stereocenters. The van der Waals surface area contributed by atoms with Crippen LogP contribution in [0.25, 0.3) is 0 Å². The number of hydrogen-bond donors (Lipinski definition) is 2. The number of likely N-dealkylation sites (N-methyl/N-ethyl adjacent to an activating group) is 1. The van der Waals surface area contributed by atoms with Gasteiger partial charge in [-0.3, -0.25) is 14.9 Å². The van der Waals surface area contributed by atoms with Gasteiger partial charge in [-0.1, -0.05) is 25.1 Å². The predicted octanol–water partition coefficient (Wildman–Crippen LogP) is 2.27. The highest BCUT2D eigenvalue weighted by atomic mass is 16.5. The van der Waals surface area contributed by atoms with E-state index in [1.54, 1.807) is 34.6 Å². The molecule has 0 saturated carbocycles. The van der Waals surface area contributed by atoms with Crippen molar-refractivity contribution in [1.82, 2.24) is 20.3 Å². The molecule has 1 saturated heterocycles. The van der Waals surface area contributed by atoms with Gasteiger partial charge in [-0.15, -0.1) is 0 Å². The van der Waals surface area contributed by atoms with E-state index in [9.17, 15) is 9.59 Å². The quantitative estimate of drug-likeness (QED) is 0.597. The van der Waals surface area contributed by atoms with Crippen LogP contribution in [0.15, 0.2) is 42.5 Å². The lowest BCUT2D eigenvalue weighted by Crippen LogP contribution is -2.52. The second-order valence-corrected chi connectivity index (χ2v) is 7.07. The van der Waals surface area contributed by atoms with Gasteiger partial charge in [-0.05, 0) is 43.3 Å². The molecular weight excluding hydrogens is 370 g/mol. The number of piperazine rings is 1. The zero-order chi connectivity index (χ0) is 20.8. The molecule has 1 fully saturated rings. The van der Waals surface area contributed by atoms with Gasteiger partial charge in [0, 0.05) is 37.4 Å². The zero-order valence-corrected chi connectivity index (χ0v) is 16.8. The second kappa shape index (κ2) is 9.49. The molecule has 8 heteroatoms. The maximum Gasteiger partial charge on any atom is 0.326 e. The Hall–Kier alpha value is -2.97. The average Bonchev–Trinajstić information content (AvgIpc) is 2.77. The van der Waals surface area contributed by atoms with Gasteiger partial charge in [0.15, 0.2) is 0 Å². The topological polar surface area (TPSA) is 89.0 Å². The molecule has 1 aliphatic heterocycles. The molecule has 0 aliphatic carbocycles. The van der Waals surface area contributed by atoms with Crippen LogP contribution in [0, 0.1) is 6.92 Å². The number of urea groups is 1. The third kappa shape index (κ3) is 5.10. The number of anilines is 1. The summed E-state index contributed by atoms with van der Waals surface area (Å²) in [6, 6.07) is 12.3. The van der Waals surface area contributed by atoms with Crippen LogP contribution in [-0.4, -0.2) is 64.7 Å². The van der Waals surface area contributed by atoms with Crippen LogP contribution >= 0.6 is 0 Å². The number of pyridine rings is 1. The first-order chi connectivity index (χ1) is 14.0. The number of rotatable bonds is 5. The number of amides is 3. The van der Waals surface area contributed by atoms with Crippen LogP contribution in [0.4, 0.5) is 10.6 Å². The van der Waals surface area contributed by atoms with Gasteiger partial charge in [0.1, 0.15) is 5.82 Å². The molecule has 29 heavy (non-hydrogen) atoms. The summed E-state index contributed by atoms with van der Waals surface area (Å²) in [4.78, 5) is 35.3. The minimum atomic E-state index is -0.571. The minimum absolute atomic E-state index is 0.0731. The average molecular weight is 397 g/mol. The van der Waals surface area contributed by atoms with Crippen molar-refractivity contribution in [3.8, 4) is 0 Å². The molecule has 0 spiro atoms. The molecule has 0 bridgehead atoms. The van der Waals surface area contributed by atoms with Crippen LogP contribution in [0.1, 0.15) is 28.5 Å². The number of aryl methyl sites for hydroxylation is 1. The van der Waals surface area contributed by atoms with E-state index in [1.807, 2.05) is 30.0 Å². The van der Waals surface area contributed by atoms with E-state index >= 15 is 0 Å². The second-order valence-electron chi connectivity index (χ2n) is 7.07. The number of carbonyl (C=O) groups is 2. The van der Waals surface area contributed by atoms with Gasteiger partial charge < -0.3 is 9.80 Å². The van der Waals surface area contributed by atoms with Crippen molar-refractivity contribution in [2.45, 2.75) is 20.4 Å². The lowest BCUT2D eigenvalue weighted by Gasteiger charge is -2.37. The Balaban J connectivity index is 1.82. The highest BCUT2D eigenvalue weighted by molar-refractivity contribution is 5.93. The molecule has 0 atom stereocenters. The lowest BCUT2D eigenvalue weighted by atomic mass is 10.1. The van der Waals surface area contributed by atoms with Crippen LogP contribution in [0.5, 0.6) is 0 Å². The van der Waals surface area contributed by atoms with E-state index in [2.05, 4.69) is 16.8 Å². The fourth-order valence-electron chi connectivity index (χ4n) is 3.36. The summed E-state index contributed by atoms with van der Waals surface area (Å²) in [5.74, 6) is 0.0312. The highest BCUT2D eigenvalue weighted by Crippen LogP contribution is 2.19. The number of benzene rings is 1. The number of nitrogens with zero attached hydrogens (tertiary/aromatic N) is 4. The summed E-state index contributed by atoms with van der Waals surface area (Å²) in [6.45, 7) is 8.44. The Kier molecular flexibility index (Phi) is 6.79. The largest absolute Gasteiger partial charge is 0.326 e. The Morgan fingerprint density at radius 2 is 1.79 bits per heavy atom. The molecule has 2 heterocycles. The summed E-state index contributed by atoms with van der Waals surface area (Å²) < 4.78 is 0. The zero-order valence-electron chi connectivity index (χ0n) is 16.8. The van der Waals surface area contributed by atoms with Crippen molar-refractivity contribution in [1.29, 1.82) is 0 Å². The van der Waals surface area contributed by atoms with E-state index < -0.39 is 5.91 Å². The molecule has 154 valence electrons. The number of carbonyl (C=O) groups excluding carboxylic acids is 2. The fraction of sp³-hybridized carbons (Fsp3) is 0.381. The van der Waals surface area contributed by atoms with Gasteiger partial charge in [0.05, 0.1) is 6.54 Å². The van der Waals surface area contributed by atoms with Crippen molar-refractivity contribution < 1.29 is 14.8 Å². The monoisotopic (exact) mass is 397 g/mol. The summed E-state index contributed by atoms with van der Waals surface area (Å²) >= 11 is 0. The maximum atomic E-state index is 13.3. The molecule has 3 rings (SSSR count). The van der Waals surface area contributed by atoms with Gasteiger partial charge in [-0.2, -0.15) is 0 Å². The number of hydroxylamine groups is 1. The van der Waals surface area contributed by atoms with Gasteiger partial charge in [0.25, 0.3) is 5.91 Å². The Bertz CT molecular complexity index is 848.